The van der Waals surface area contributed by atoms with E-state index >= 15 is 0 Å². The minimum atomic E-state index is -0.852. The first kappa shape index (κ1) is 14.0. The highest BCUT2D eigenvalue weighted by Gasteiger charge is 2.26. The standard InChI is InChI=1S/C12H22N2O3/c1-3-13-7-4-5-11(13)9-14(10(2)15)8-6-12(16)17/h11H,3-9H2,1-2H3,(H,16,17). The van der Waals surface area contributed by atoms with E-state index in [2.05, 4.69) is 11.8 Å². The maximum Gasteiger partial charge on any atom is 0.305 e. The fourth-order valence-corrected chi connectivity index (χ4v) is 2.38. The van der Waals surface area contributed by atoms with E-state index in [0.717, 1.165) is 19.5 Å². The van der Waals surface area contributed by atoms with E-state index in [-0.39, 0.29) is 12.3 Å². The van der Waals surface area contributed by atoms with Crippen LogP contribution in [-0.4, -0.2) is 59.0 Å². The molecule has 1 fully saturated rings. The van der Waals surface area contributed by atoms with Gasteiger partial charge in [0.05, 0.1) is 6.42 Å². The third kappa shape index (κ3) is 4.34. The van der Waals surface area contributed by atoms with Gasteiger partial charge in [0.1, 0.15) is 0 Å². The monoisotopic (exact) mass is 242 g/mol. The van der Waals surface area contributed by atoms with Crippen molar-refractivity contribution in [2.45, 2.75) is 39.2 Å². The zero-order valence-corrected chi connectivity index (χ0v) is 10.7. The summed E-state index contributed by atoms with van der Waals surface area (Å²) < 4.78 is 0. The van der Waals surface area contributed by atoms with Crippen molar-refractivity contribution >= 4 is 11.9 Å². The molecule has 1 atom stereocenters. The van der Waals surface area contributed by atoms with Crippen molar-refractivity contribution in [3.63, 3.8) is 0 Å². The van der Waals surface area contributed by atoms with Crippen LogP contribution in [-0.2, 0) is 9.59 Å². The van der Waals surface area contributed by atoms with Crippen LogP contribution >= 0.6 is 0 Å². The Hall–Kier alpha value is -1.10. The second-order valence-corrected chi connectivity index (χ2v) is 4.53. The van der Waals surface area contributed by atoms with Gasteiger partial charge in [-0.3, -0.25) is 14.5 Å². The Bertz CT molecular complexity index is 281. The van der Waals surface area contributed by atoms with Gasteiger partial charge in [-0.25, -0.2) is 0 Å². The number of carboxylic acids is 1. The van der Waals surface area contributed by atoms with Crippen molar-refractivity contribution < 1.29 is 14.7 Å². The molecule has 0 saturated carbocycles. The predicted molar refractivity (Wildman–Crippen MR) is 64.8 cm³/mol. The second-order valence-electron chi connectivity index (χ2n) is 4.53. The number of likely N-dealkylation sites (tertiary alicyclic amines) is 1. The first-order valence-electron chi connectivity index (χ1n) is 6.26. The lowest BCUT2D eigenvalue weighted by Crippen LogP contribution is -2.43. The van der Waals surface area contributed by atoms with Crippen molar-refractivity contribution in [1.82, 2.24) is 9.80 Å². The maximum absolute atomic E-state index is 11.5. The zero-order valence-electron chi connectivity index (χ0n) is 10.7. The number of nitrogens with zero attached hydrogens (tertiary/aromatic N) is 2. The number of amides is 1. The van der Waals surface area contributed by atoms with E-state index in [1.54, 1.807) is 4.90 Å². The predicted octanol–water partition coefficient (Wildman–Crippen LogP) is 0.794. The van der Waals surface area contributed by atoms with E-state index in [4.69, 9.17) is 5.11 Å². The zero-order chi connectivity index (χ0) is 12.8. The Labute approximate surface area is 102 Å². The van der Waals surface area contributed by atoms with Gasteiger partial charge in [0.2, 0.25) is 5.91 Å². The lowest BCUT2D eigenvalue weighted by molar-refractivity contribution is -0.138. The van der Waals surface area contributed by atoms with E-state index in [1.807, 2.05) is 0 Å². The van der Waals surface area contributed by atoms with Crippen molar-refractivity contribution in [3.8, 4) is 0 Å². The summed E-state index contributed by atoms with van der Waals surface area (Å²) in [5.41, 5.74) is 0. The summed E-state index contributed by atoms with van der Waals surface area (Å²) in [7, 11) is 0. The van der Waals surface area contributed by atoms with Crippen LogP contribution in [0.25, 0.3) is 0 Å². The van der Waals surface area contributed by atoms with E-state index in [0.29, 0.717) is 19.1 Å². The molecule has 5 nitrogen and oxygen atoms in total. The van der Waals surface area contributed by atoms with Gasteiger partial charge in [-0.15, -0.1) is 0 Å². The Balaban J connectivity index is 2.48. The Morgan fingerprint density at radius 3 is 2.71 bits per heavy atom. The number of aliphatic carboxylic acids is 1. The number of rotatable bonds is 6. The highest BCUT2D eigenvalue weighted by molar-refractivity contribution is 5.74. The summed E-state index contributed by atoms with van der Waals surface area (Å²) in [5.74, 6) is -0.885. The minimum absolute atomic E-state index is 0.0262. The van der Waals surface area contributed by atoms with Crippen molar-refractivity contribution in [3.05, 3.63) is 0 Å². The summed E-state index contributed by atoms with van der Waals surface area (Å²) in [6.45, 7) is 6.69. The van der Waals surface area contributed by atoms with Gasteiger partial charge in [0.15, 0.2) is 0 Å². The van der Waals surface area contributed by atoms with E-state index < -0.39 is 5.97 Å². The number of carboxylic acid groups (broad SMARTS) is 1. The van der Waals surface area contributed by atoms with Gasteiger partial charge in [-0.1, -0.05) is 6.92 Å². The smallest absolute Gasteiger partial charge is 0.305 e. The number of hydrogen-bond donors (Lipinski definition) is 1. The highest BCUT2D eigenvalue weighted by Crippen LogP contribution is 2.17. The van der Waals surface area contributed by atoms with Crippen molar-refractivity contribution in [2.75, 3.05) is 26.2 Å². The maximum atomic E-state index is 11.5. The third-order valence-corrected chi connectivity index (χ3v) is 3.38. The van der Waals surface area contributed by atoms with Crippen LogP contribution in [0.4, 0.5) is 0 Å². The van der Waals surface area contributed by atoms with Gasteiger partial charge >= 0.3 is 5.97 Å². The topological polar surface area (TPSA) is 60.9 Å². The number of likely N-dealkylation sites (N-methyl/N-ethyl adjacent to an activating group) is 1. The first-order chi connectivity index (χ1) is 8.04. The molecule has 1 aliphatic heterocycles. The lowest BCUT2D eigenvalue weighted by atomic mass is 10.2. The van der Waals surface area contributed by atoms with Crippen LogP contribution in [0, 0.1) is 0 Å². The highest BCUT2D eigenvalue weighted by atomic mass is 16.4. The molecule has 1 saturated heterocycles. The number of carbonyl (C=O) groups excluding carboxylic acids is 1. The molecular formula is C12H22N2O3. The molecule has 0 bridgehead atoms. The third-order valence-electron chi connectivity index (χ3n) is 3.38. The van der Waals surface area contributed by atoms with Gasteiger partial charge in [0, 0.05) is 26.1 Å². The normalized spacial score (nSPS) is 20.5. The van der Waals surface area contributed by atoms with Crippen LogP contribution in [0.15, 0.2) is 0 Å². The Morgan fingerprint density at radius 1 is 1.47 bits per heavy atom. The first-order valence-corrected chi connectivity index (χ1v) is 6.26. The molecule has 1 amide bonds. The molecule has 0 aliphatic carbocycles. The summed E-state index contributed by atoms with van der Waals surface area (Å²) in [6.07, 6.45) is 2.30. The summed E-state index contributed by atoms with van der Waals surface area (Å²) >= 11 is 0. The fraction of sp³-hybridized carbons (Fsp3) is 0.833. The average molecular weight is 242 g/mol. The van der Waals surface area contributed by atoms with E-state index in [9.17, 15) is 9.59 Å². The molecule has 1 unspecified atom stereocenters. The molecule has 0 spiro atoms. The molecule has 1 aliphatic rings. The second kappa shape index (κ2) is 6.59. The summed E-state index contributed by atoms with van der Waals surface area (Å²) in [4.78, 5) is 26.0. The molecule has 0 radical (unpaired) electrons. The van der Waals surface area contributed by atoms with Crippen LogP contribution in [0.3, 0.4) is 0 Å². The molecule has 0 aromatic rings. The van der Waals surface area contributed by atoms with E-state index in [1.165, 1.54) is 13.3 Å². The average Bonchev–Trinajstić information content (AvgIpc) is 2.70. The minimum Gasteiger partial charge on any atom is -0.481 e. The molecule has 1 N–H and O–H groups in total. The summed E-state index contributed by atoms with van der Waals surface area (Å²) in [6, 6.07) is 0.401. The Morgan fingerprint density at radius 2 is 2.18 bits per heavy atom. The largest absolute Gasteiger partial charge is 0.481 e. The molecule has 1 rings (SSSR count). The molecule has 0 aromatic heterocycles. The van der Waals surface area contributed by atoms with Crippen LogP contribution in [0.1, 0.15) is 33.1 Å². The summed E-state index contributed by atoms with van der Waals surface area (Å²) in [5, 5.41) is 8.65. The van der Waals surface area contributed by atoms with Gasteiger partial charge < -0.3 is 10.0 Å². The lowest BCUT2D eigenvalue weighted by Gasteiger charge is -2.29. The molecule has 5 heteroatoms. The molecule has 17 heavy (non-hydrogen) atoms. The van der Waals surface area contributed by atoms with Crippen molar-refractivity contribution in [2.24, 2.45) is 0 Å². The van der Waals surface area contributed by atoms with Crippen molar-refractivity contribution in [1.29, 1.82) is 0 Å². The van der Waals surface area contributed by atoms with Gasteiger partial charge in [-0.2, -0.15) is 0 Å². The van der Waals surface area contributed by atoms with Gasteiger partial charge in [-0.05, 0) is 25.9 Å². The number of carbonyl (C=O) groups is 2. The molecule has 98 valence electrons. The quantitative estimate of drug-likeness (QED) is 0.748. The molecular weight excluding hydrogens is 220 g/mol. The Kier molecular flexibility index (Phi) is 5.41. The number of hydrogen-bond acceptors (Lipinski definition) is 3. The molecule has 0 aromatic carbocycles. The van der Waals surface area contributed by atoms with Crippen LogP contribution in [0.5, 0.6) is 0 Å². The molecule has 1 heterocycles. The fourth-order valence-electron chi connectivity index (χ4n) is 2.38. The van der Waals surface area contributed by atoms with Gasteiger partial charge in [0.25, 0.3) is 0 Å². The SMILES string of the molecule is CCN1CCCC1CN(CCC(=O)O)C(C)=O. The van der Waals surface area contributed by atoms with Crippen LogP contribution < -0.4 is 0 Å². The van der Waals surface area contributed by atoms with Crippen LogP contribution in [0.2, 0.25) is 0 Å².